The zero-order chi connectivity index (χ0) is 14.0. The first-order chi connectivity index (χ1) is 8.91. The summed E-state index contributed by atoms with van der Waals surface area (Å²) >= 11 is 0. The van der Waals surface area contributed by atoms with Crippen LogP contribution >= 0.6 is 0 Å². The fraction of sp³-hybridized carbons (Fsp3) is 0.214. The summed E-state index contributed by atoms with van der Waals surface area (Å²) in [7, 11) is 0. The molecule has 0 N–H and O–H groups in total. The minimum absolute atomic E-state index is 0.357. The highest BCUT2D eigenvalue weighted by molar-refractivity contribution is 6.03. The molecule has 0 amide bonds. The van der Waals surface area contributed by atoms with E-state index in [1.165, 1.54) is 18.2 Å². The molecule has 2 rings (SSSR count). The van der Waals surface area contributed by atoms with Crippen LogP contribution in [0.1, 0.15) is 17.3 Å². The van der Waals surface area contributed by atoms with Crippen LogP contribution in [0.2, 0.25) is 0 Å². The largest absolute Gasteiger partial charge is 0.494 e. The van der Waals surface area contributed by atoms with Gasteiger partial charge in [0.25, 0.3) is 5.78 Å². The van der Waals surface area contributed by atoms with Crippen LogP contribution < -0.4 is 4.74 Å². The first kappa shape index (κ1) is 13.4. The number of fused-ring (bicyclic) bond motifs is 1. The van der Waals surface area contributed by atoms with Crippen LogP contribution in [0.3, 0.4) is 0 Å². The van der Waals surface area contributed by atoms with Crippen LogP contribution in [-0.2, 0) is 0 Å². The Balaban J connectivity index is 2.42. The number of carbonyl (C=O) groups is 1. The molecule has 0 atom stereocenters. The second-order valence-corrected chi connectivity index (χ2v) is 3.98. The Morgan fingerprint density at radius 2 is 1.74 bits per heavy atom. The molecule has 2 nitrogen and oxygen atoms in total. The smallest absolute Gasteiger partial charge is 0.454 e. The standard InChI is InChI=1S/C14H11F3O2/c1-2-19-12-6-5-9-7-11(4-3-10(9)8-12)13(18)14(15,16)17/h3-8H,2H2,1H3. The molecule has 0 bridgehead atoms. The Hall–Kier alpha value is -2.04. The van der Waals surface area contributed by atoms with Crippen molar-refractivity contribution in [2.45, 2.75) is 13.1 Å². The average molecular weight is 268 g/mol. The van der Waals surface area contributed by atoms with Crippen molar-refractivity contribution in [3.8, 4) is 5.75 Å². The van der Waals surface area contributed by atoms with Crippen LogP contribution in [-0.4, -0.2) is 18.6 Å². The molecule has 0 unspecified atom stereocenters. The first-order valence-corrected chi connectivity index (χ1v) is 5.70. The second kappa shape index (κ2) is 4.91. The molecule has 0 radical (unpaired) electrons. The second-order valence-electron chi connectivity index (χ2n) is 3.98. The van der Waals surface area contributed by atoms with Gasteiger partial charge in [0.2, 0.25) is 0 Å². The summed E-state index contributed by atoms with van der Waals surface area (Å²) in [5.41, 5.74) is -0.357. The highest BCUT2D eigenvalue weighted by Gasteiger charge is 2.39. The number of ketones is 1. The molecular formula is C14H11F3O2. The first-order valence-electron chi connectivity index (χ1n) is 5.70. The molecule has 0 aliphatic heterocycles. The van der Waals surface area contributed by atoms with E-state index in [4.69, 9.17) is 4.74 Å². The predicted molar refractivity (Wildman–Crippen MR) is 65.5 cm³/mol. The number of carbonyl (C=O) groups excluding carboxylic acids is 1. The maximum Gasteiger partial charge on any atom is 0.454 e. The topological polar surface area (TPSA) is 26.3 Å². The van der Waals surface area contributed by atoms with Crippen molar-refractivity contribution in [1.29, 1.82) is 0 Å². The van der Waals surface area contributed by atoms with Crippen LogP contribution in [0.25, 0.3) is 10.8 Å². The van der Waals surface area contributed by atoms with Crippen molar-refractivity contribution in [2.75, 3.05) is 6.61 Å². The molecule has 0 fully saturated rings. The maximum absolute atomic E-state index is 12.3. The number of Topliss-reactive ketones (excluding diaryl/α,β-unsaturated/α-hetero) is 1. The Kier molecular flexibility index (Phi) is 3.46. The van der Waals surface area contributed by atoms with Gasteiger partial charge in [0, 0.05) is 5.56 Å². The highest BCUT2D eigenvalue weighted by Crippen LogP contribution is 2.26. The molecule has 0 aromatic heterocycles. The number of hydrogen-bond acceptors (Lipinski definition) is 2. The number of alkyl halides is 3. The Morgan fingerprint density at radius 3 is 2.37 bits per heavy atom. The zero-order valence-electron chi connectivity index (χ0n) is 10.1. The van der Waals surface area contributed by atoms with Crippen molar-refractivity contribution in [1.82, 2.24) is 0 Å². The van der Waals surface area contributed by atoms with Crippen LogP contribution in [0.15, 0.2) is 36.4 Å². The molecule has 100 valence electrons. The van der Waals surface area contributed by atoms with Gasteiger partial charge in [-0.2, -0.15) is 13.2 Å². The van der Waals surface area contributed by atoms with Gasteiger partial charge < -0.3 is 4.74 Å². The van der Waals surface area contributed by atoms with E-state index in [-0.39, 0.29) is 5.56 Å². The fourth-order valence-electron chi connectivity index (χ4n) is 1.79. The molecular weight excluding hydrogens is 257 g/mol. The van der Waals surface area contributed by atoms with Gasteiger partial charge >= 0.3 is 6.18 Å². The van der Waals surface area contributed by atoms with Gasteiger partial charge in [0.05, 0.1) is 6.61 Å². The lowest BCUT2D eigenvalue weighted by molar-refractivity contribution is -0.0885. The lowest BCUT2D eigenvalue weighted by Gasteiger charge is -2.08. The lowest BCUT2D eigenvalue weighted by atomic mass is 10.0. The minimum atomic E-state index is -4.85. The SMILES string of the molecule is CCOc1ccc2cc(C(=O)C(F)(F)F)ccc2c1. The molecule has 0 aliphatic rings. The third kappa shape index (κ3) is 2.86. The van der Waals surface area contributed by atoms with Crippen LogP contribution in [0.4, 0.5) is 13.2 Å². The van der Waals surface area contributed by atoms with Crippen LogP contribution in [0.5, 0.6) is 5.75 Å². The summed E-state index contributed by atoms with van der Waals surface area (Å²) in [6, 6.07) is 8.91. The summed E-state index contributed by atoms with van der Waals surface area (Å²) in [6.45, 7) is 2.35. The van der Waals surface area contributed by atoms with Gasteiger partial charge in [-0.15, -0.1) is 0 Å². The van der Waals surface area contributed by atoms with Crippen molar-refractivity contribution in [3.63, 3.8) is 0 Å². The molecule has 0 spiro atoms. The molecule has 2 aromatic carbocycles. The summed E-state index contributed by atoms with van der Waals surface area (Å²) in [6.07, 6.45) is -4.85. The Labute approximate surface area is 107 Å². The summed E-state index contributed by atoms with van der Waals surface area (Å²) in [5.74, 6) is -1.19. The number of benzene rings is 2. The molecule has 0 heterocycles. The number of rotatable bonds is 3. The van der Waals surface area contributed by atoms with Crippen molar-refractivity contribution in [3.05, 3.63) is 42.0 Å². The normalized spacial score (nSPS) is 11.6. The van der Waals surface area contributed by atoms with E-state index in [1.54, 1.807) is 18.2 Å². The lowest BCUT2D eigenvalue weighted by Crippen LogP contribution is -2.22. The van der Waals surface area contributed by atoms with Crippen molar-refractivity contribution < 1.29 is 22.7 Å². The van der Waals surface area contributed by atoms with Gasteiger partial charge in [-0.25, -0.2) is 0 Å². The number of halogens is 3. The molecule has 0 saturated heterocycles. The maximum atomic E-state index is 12.3. The number of hydrogen-bond donors (Lipinski definition) is 0. The van der Waals surface area contributed by atoms with Crippen molar-refractivity contribution in [2.24, 2.45) is 0 Å². The van der Waals surface area contributed by atoms with E-state index in [0.29, 0.717) is 17.7 Å². The van der Waals surface area contributed by atoms with E-state index >= 15 is 0 Å². The summed E-state index contributed by atoms with van der Waals surface area (Å²) < 4.78 is 42.3. The molecule has 0 saturated carbocycles. The Morgan fingerprint density at radius 1 is 1.11 bits per heavy atom. The van der Waals surface area contributed by atoms with E-state index in [9.17, 15) is 18.0 Å². The number of ether oxygens (including phenoxy) is 1. The van der Waals surface area contributed by atoms with E-state index < -0.39 is 12.0 Å². The quantitative estimate of drug-likeness (QED) is 0.787. The van der Waals surface area contributed by atoms with Gasteiger partial charge in [0.1, 0.15) is 5.75 Å². The highest BCUT2D eigenvalue weighted by atomic mass is 19.4. The molecule has 0 aliphatic carbocycles. The van der Waals surface area contributed by atoms with Gasteiger partial charge in [-0.3, -0.25) is 4.79 Å². The minimum Gasteiger partial charge on any atom is -0.494 e. The summed E-state index contributed by atoms with van der Waals surface area (Å²) in [4.78, 5) is 11.1. The van der Waals surface area contributed by atoms with E-state index in [2.05, 4.69) is 0 Å². The average Bonchev–Trinajstić information content (AvgIpc) is 2.36. The third-order valence-corrected chi connectivity index (χ3v) is 2.64. The molecule has 19 heavy (non-hydrogen) atoms. The van der Waals surface area contributed by atoms with Gasteiger partial charge in [-0.05, 0) is 35.9 Å². The van der Waals surface area contributed by atoms with Gasteiger partial charge in [-0.1, -0.05) is 18.2 Å². The zero-order valence-corrected chi connectivity index (χ0v) is 10.1. The fourth-order valence-corrected chi connectivity index (χ4v) is 1.79. The van der Waals surface area contributed by atoms with E-state index in [1.807, 2.05) is 6.92 Å². The Bertz CT molecular complexity index is 618. The predicted octanol–water partition coefficient (Wildman–Crippen LogP) is 3.98. The summed E-state index contributed by atoms with van der Waals surface area (Å²) in [5, 5.41) is 1.29. The van der Waals surface area contributed by atoms with E-state index in [0.717, 1.165) is 5.39 Å². The monoisotopic (exact) mass is 268 g/mol. The molecule has 2 aromatic rings. The third-order valence-electron chi connectivity index (χ3n) is 2.64. The van der Waals surface area contributed by atoms with Crippen LogP contribution in [0, 0.1) is 0 Å². The van der Waals surface area contributed by atoms with Gasteiger partial charge in [0.15, 0.2) is 0 Å². The molecule has 5 heteroatoms. The van der Waals surface area contributed by atoms with Crippen molar-refractivity contribution >= 4 is 16.6 Å².